The van der Waals surface area contributed by atoms with Crippen LogP contribution in [0.5, 0.6) is 0 Å². The molecule has 0 aliphatic heterocycles. The minimum atomic E-state index is -0.752. The lowest BCUT2D eigenvalue weighted by molar-refractivity contribution is -0.214. The van der Waals surface area contributed by atoms with E-state index in [-0.39, 0.29) is 5.91 Å². The van der Waals surface area contributed by atoms with Crippen LogP contribution in [-0.4, -0.2) is 39.1 Å². The number of hydrogen-bond acceptors (Lipinski definition) is 4. The van der Waals surface area contributed by atoms with Gasteiger partial charge < -0.3 is 14.8 Å². The Morgan fingerprint density at radius 3 is 1.53 bits per heavy atom. The summed E-state index contributed by atoms with van der Waals surface area (Å²) in [6.45, 7) is 5.54. The molecule has 5 heteroatoms. The monoisotopic (exact) mass is 428 g/mol. The zero-order chi connectivity index (χ0) is 22.3. The van der Waals surface area contributed by atoms with Crippen LogP contribution >= 0.6 is 0 Å². The van der Waals surface area contributed by atoms with Crippen LogP contribution in [0, 0.1) is 0 Å². The summed E-state index contributed by atoms with van der Waals surface area (Å²) in [6, 6.07) is 0. The summed E-state index contributed by atoms with van der Waals surface area (Å²) in [6.07, 6.45) is 21.7. The van der Waals surface area contributed by atoms with Crippen molar-refractivity contribution in [3.8, 4) is 0 Å². The summed E-state index contributed by atoms with van der Waals surface area (Å²) < 4.78 is 10.5. The predicted molar refractivity (Wildman–Crippen MR) is 128 cm³/mol. The number of carbonyl (C=O) groups is 1. The smallest absolute Gasteiger partial charge is 0.223 e. The Morgan fingerprint density at radius 2 is 1.10 bits per heavy atom. The first-order valence-electron chi connectivity index (χ1n) is 12.7. The number of ether oxygens (including phenoxy) is 2. The minimum absolute atomic E-state index is 0.172. The van der Waals surface area contributed by atoms with Crippen LogP contribution in [0.4, 0.5) is 0 Å². The first-order chi connectivity index (χ1) is 14.6. The van der Waals surface area contributed by atoms with Crippen LogP contribution in [0.1, 0.15) is 123 Å². The number of methoxy groups -OCH3 is 2. The average molecular weight is 429 g/mol. The molecule has 0 rings (SSSR count). The molecule has 0 radical (unpaired) electrons. The Morgan fingerprint density at radius 1 is 0.667 bits per heavy atom. The molecule has 180 valence electrons. The maximum absolute atomic E-state index is 11.9. The standard InChI is InChI=1S/C25H52N2O3/c1-5-6-7-8-9-10-11-12-13-14-15-16-17-18-19-21-24(28)26-22-20-23-27-25(2,29-3)30-4/h27H,5-23H2,1-4H3,(H,26,28). The maximum Gasteiger partial charge on any atom is 0.223 e. The molecule has 0 aromatic rings. The summed E-state index contributed by atoms with van der Waals surface area (Å²) in [5, 5.41) is 6.17. The predicted octanol–water partition coefficient (Wildman–Crippen LogP) is 6.31. The van der Waals surface area contributed by atoms with Crippen molar-refractivity contribution < 1.29 is 14.3 Å². The lowest BCUT2D eigenvalue weighted by atomic mass is 10.0. The van der Waals surface area contributed by atoms with Crippen molar-refractivity contribution in [2.45, 2.75) is 129 Å². The lowest BCUT2D eigenvalue weighted by Crippen LogP contribution is -2.46. The number of rotatable bonds is 23. The van der Waals surface area contributed by atoms with E-state index in [0.717, 1.165) is 19.4 Å². The molecule has 2 N–H and O–H groups in total. The van der Waals surface area contributed by atoms with Gasteiger partial charge in [-0.2, -0.15) is 0 Å². The van der Waals surface area contributed by atoms with E-state index in [1.54, 1.807) is 14.2 Å². The molecule has 0 heterocycles. The van der Waals surface area contributed by atoms with Crippen molar-refractivity contribution in [3.63, 3.8) is 0 Å². The first kappa shape index (κ1) is 29.4. The Bertz CT molecular complexity index is 373. The van der Waals surface area contributed by atoms with E-state index in [2.05, 4.69) is 17.6 Å². The van der Waals surface area contributed by atoms with Crippen molar-refractivity contribution in [3.05, 3.63) is 0 Å². The van der Waals surface area contributed by atoms with Crippen LogP contribution in [0.3, 0.4) is 0 Å². The molecule has 0 saturated carbocycles. The van der Waals surface area contributed by atoms with Gasteiger partial charge >= 0.3 is 0 Å². The molecule has 0 aromatic heterocycles. The van der Waals surface area contributed by atoms with Gasteiger partial charge in [0.1, 0.15) is 0 Å². The second kappa shape index (κ2) is 21.6. The summed E-state index contributed by atoms with van der Waals surface area (Å²) in [5.74, 6) is -0.580. The molecule has 0 unspecified atom stereocenters. The number of carbonyl (C=O) groups excluding carboxylic acids is 1. The highest BCUT2D eigenvalue weighted by molar-refractivity contribution is 5.75. The number of nitrogens with one attached hydrogen (secondary N) is 2. The molecule has 0 fully saturated rings. The van der Waals surface area contributed by atoms with Crippen molar-refractivity contribution in [1.29, 1.82) is 0 Å². The number of unbranched alkanes of at least 4 members (excludes halogenated alkanes) is 14. The second-order valence-electron chi connectivity index (χ2n) is 8.68. The Hall–Kier alpha value is -0.650. The van der Waals surface area contributed by atoms with Crippen LogP contribution in [0.25, 0.3) is 0 Å². The van der Waals surface area contributed by atoms with Gasteiger partial charge in [0.2, 0.25) is 11.8 Å². The van der Waals surface area contributed by atoms with E-state index in [9.17, 15) is 4.79 Å². The van der Waals surface area contributed by atoms with Crippen molar-refractivity contribution in [1.82, 2.24) is 10.6 Å². The van der Waals surface area contributed by atoms with E-state index in [0.29, 0.717) is 13.0 Å². The van der Waals surface area contributed by atoms with Crippen LogP contribution in [0.2, 0.25) is 0 Å². The van der Waals surface area contributed by atoms with Gasteiger partial charge in [0.15, 0.2) is 0 Å². The fraction of sp³-hybridized carbons (Fsp3) is 0.960. The van der Waals surface area contributed by atoms with E-state index < -0.39 is 5.91 Å². The lowest BCUT2D eigenvalue weighted by Gasteiger charge is -2.27. The molecule has 5 nitrogen and oxygen atoms in total. The first-order valence-corrected chi connectivity index (χ1v) is 12.7. The fourth-order valence-corrected chi connectivity index (χ4v) is 3.60. The number of hydrogen-bond donors (Lipinski definition) is 2. The van der Waals surface area contributed by atoms with Gasteiger partial charge in [-0.3, -0.25) is 10.1 Å². The van der Waals surface area contributed by atoms with Gasteiger partial charge in [-0.1, -0.05) is 96.8 Å². The third-order valence-electron chi connectivity index (χ3n) is 5.91. The minimum Gasteiger partial charge on any atom is -0.356 e. The molecule has 0 aliphatic rings. The summed E-state index contributed by atoms with van der Waals surface area (Å²) in [5.41, 5.74) is 0. The second-order valence-corrected chi connectivity index (χ2v) is 8.68. The van der Waals surface area contributed by atoms with Crippen molar-refractivity contribution in [2.24, 2.45) is 0 Å². The summed E-state index contributed by atoms with van der Waals surface area (Å²) >= 11 is 0. The quantitative estimate of drug-likeness (QED) is 0.148. The number of amides is 1. The molecule has 0 atom stereocenters. The van der Waals surface area contributed by atoms with Gasteiger partial charge in [-0.15, -0.1) is 0 Å². The molecule has 0 saturated heterocycles. The van der Waals surface area contributed by atoms with E-state index in [4.69, 9.17) is 9.47 Å². The van der Waals surface area contributed by atoms with Crippen molar-refractivity contribution in [2.75, 3.05) is 27.3 Å². The normalized spacial score (nSPS) is 11.7. The molecule has 1 amide bonds. The van der Waals surface area contributed by atoms with E-state index >= 15 is 0 Å². The largest absolute Gasteiger partial charge is 0.356 e. The van der Waals surface area contributed by atoms with Gasteiger partial charge in [0.25, 0.3) is 0 Å². The Labute approximate surface area is 187 Å². The van der Waals surface area contributed by atoms with E-state index in [1.165, 1.54) is 89.9 Å². The van der Waals surface area contributed by atoms with Gasteiger partial charge in [0.05, 0.1) is 0 Å². The summed E-state index contributed by atoms with van der Waals surface area (Å²) in [7, 11) is 3.21. The van der Waals surface area contributed by atoms with Crippen LogP contribution < -0.4 is 10.6 Å². The highest BCUT2D eigenvalue weighted by Gasteiger charge is 2.20. The summed E-state index contributed by atoms with van der Waals surface area (Å²) in [4.78, 5) is 11.9. The molecular formula is C25H52N2O3. The molecule has 0 aromatic carbocycles. The highest BCUT2D eigenvalue weighted by Crippen LogP contribution is 2.13. The fourth-order valence-electron chi connectivity index (χ4n) is 3.60. The molecule has 0 aliphatic carbocycles. The van der Waals surface area contributed by atoms with E-state index in [1.807, 2.05) is 6.92 Å². The molecule has 0 bridgehead atoms. The van der Waals surface area contributed by atoms with Crippen molar-refractivity contribution >= 4 is 5.91 Å². The average Bonchev–Trinajstić information content (AvgIpc) is 2.76. The highest BCUT2D eigenvalue weighted by atomic mass is 16.7. The Balaban J connectivity index is 3.26. The Kier molecular flexibility index (Phi) is 21.1. The van der Waals surface area contributed by atoms with Gasteiger partial charge in [-0.25, -0.2) is 0 Å². The van der Waals surface area contributed by atoms with Crippen LogP contribution in [0.15, 0.2) is 0 Å². The van der Waals surface area contributed by atoms with Gasteiger partial charge in [-0.05, 0) is 12.8 Å². The topological polar surface area (TPSA) is 59.6 Å². The SMILES string of the molecule is CCCCCCCCCCCCCCCCCC(=O)NCCCNC(C)(OC)OC. The molecule has 30 heavy (non-hydrogen) atoms. The zero-order valence-electron chi connectivity index (χ0n) is 20.7. The zero-order valence-corrected chi connectivity index (χ0v) is 20.7. The maximum atomic E-state index is 11.9. The third-order valence-corrected chi connectivity index (χ3v) is 5.91. The molecular weight excluding hydrogens is 376 g/mol. The molecule has 0 spiro atoms. The third kappa shape index (κ3) is 19.3. The van der Waals surface area contributed by atoms with Gasteiger partial charge in [0, 0.05) is 40.7 Å². The van der Waals surface area contributed by atoms with Crippen LogP contribution in [-0.2, 0) is 14.3 Å².